The Morgan fingerprint density at radius 1 is 1.21 bits per heavy atom. The van der Waals surface area contributed by atoms with Crippen molar-refractivity contribution >= 4 is 11.6 Å². The number of aromatic nitrogens is 1. The average molecular weight is 304 g/mol. The standard InChI is InChI=1S/C11H11ClF5NO/c1-6-4-18-8(3-12)7(2)9(6)19-5-10(13,14)11(15,16)17/h4H,3,5H2,1-2H3. The first-order valence-corrected chi connectivity index (χ1v) is 5.72. The van der Waals surface area contributed by atoms with Gasteiger partial charge in [-0.2, -0.15) is 22.0 Å². The van der Waals surface area contributed by atoms with Crippen LogP contribution in [0.2, 0.25) is 0 Å². The van der Waals surface area contributed by atoms with Crippen molar-refractivity contribution in [3.8, 4) is 5.75 Å². The lowest BCUT2D eigenvalue weighted by atomic mass is 10.1. The molecule has 0 N–H and O–H groups in total. The van der Waals surface area contributed by atoms with Gasteiger partial charge in [0.15, 0.2) is 6.61 Å². The molecule has 0 saturated heterocycles. The van der Waals surface area contributed by atoms with Gasteiger partial charge in [-0.05, 0) is 13.8 Å². The first kappa shape index (κ1) is 15.9. The second kappa shape index (κ2) is 5.48. The van der Waals surface area contributed by atoms with Gasteiger partial charge in [0, 0.05) is 17.3 Å². The molecule has 0 atom stereocenters. The second-order valence-corrected chi connectivity index (χ2v) is 4.23. The minimum absolute atomic E-state index is 0.0120. The van der Waals surface area contributed by atoms with Gasteiger partial charge in [0.1, 0.15) is 5.75 Å². The van der Waals surface area contributed by atoms with Gasteiger partial charge in [-0.3, -0.25) is 4.98 Å². The Hall–Kier alpha value is -1.11. The van der Waals surface area contributed by atoms with E-state index >= 15 is 0 Å². The zero-order valence-electron chi connectivity index (χ0n) is 10.1. The molecule has 0 saturated carbocycles. The highest BCUT2D eigenvalue weighted by atomic mass is 35.5. The van der Waals surface area contributed by atoms with Crippen LogP contribution in [0.25, 0.3) is 0 Å². The molecule has 1 rings (SSSR count). The Labute approximate surface area is 111 Å². The second-order valence-electron chi connectivity index (χ2n) is 3.97. The number of rotatable bonds is 4. The first-order valence-electron chi connectivity index (χ1n) is 5.18. The zero-order chi connectivity index (χ0) is 14.8. The summed E-state index contributed by atoms with van der Waals surface area (Å²) in [6, 6.07) is 0. The lowest BCUT2D eigenvalue weighted by molar-refractivity contribution is -0.290. The Bertz CT molecular complexity index is 461. The van der Waals surface area contributed by atoms with E-state index in [0.717, 1.165) is 0 Å². The minimum atomic E-state index is -5.64. The van der Waals surface area contributed by atoms with Gasteiger partial charge in [-0.1, -0.05) is 0 Å². The highest BCUT2D eigenvalue weighted by Crippen LogP contribution is 2.36. The van der Waals surface area contributed by atoms with Crippen molar-refractivity contribution in [1.29, 1.82) is 0 Å². The highest BCUT2D eigenvalue weighted by molar-refractivity contribution is 6.17. The summed E-state index contributed by atoms with van der Waals surface area (Å²) in [5.41, 5.74) is 1.09. The molecule has 2 nitrogen and oxygen atoms in total. The van der Waals surface area contributed by atoms with Crippen molar-refractivity contribution in [1.82, 2.24) is 4.98 Å². The summed E-state index contributed by atoms with van der Waals surface area (Å²) in [6.45, 7) is 1.22. The van der Waals surface area contributed by atoms with Crippen molar-refractivity contribution in [2.24, 2.45) is 0 Å². The zero-order valence-corrected chi connectivity index (χ0v) is 10.9. The van der Waals surface area contributed by atoms with Crippen molar-refractivity contribution < 1.29 is 26.7 Å². The van der Waals surface area contributed by atoms with E-state index in [0.29, 0.717) is 16.8 Å². The third-order valence-corrected chi connectivity index (χ3v) is 2.74. The molecular formula is C11H11ClF5NO. The maximum absolute atomic E-state index is 12.8. The van der Waals surface area contributed by atoms with E-state index in [1.807, 2.05) is 0 Å². The van der Waals surface area contributed by atoms with Gasteiger partial charge >= 0.3 is 12.1 Å². The number of nitrogens with zero attached hydrogens (tertiary/aromatic N) is 1. The molecule has 108 valence electrons. The Balaban J connectivity index is 2.96. The number of hydrogen-bond acceptors (Lipinski definition) is 2. The SMILES string of the molecule is Cc1cnc(CCl)c(C)c1OCC(F)(F)C(F)(F)F. The Morgan fingerprint density at radius 2 is 1.79 bits per heavy atom. The molecule has 0 fully saturated rings. The molecule has 0 radical (unpaired) electrons. The monoisotopic (exact) mass is 303 g/mol. The summed E-state index contributed by atoms with van der Waals surface area (Å²) >= 11 is 5.57. The molecule has 1 aromatic rings. The van der Waals surface area contributed by atoms with Crippen molar-refractivity contribution in [2.45, 2.75) is 31.8 Å². The summed E-state index contributed by atoms with van der Waals surface area (Å²) in [5.74, 6) is -4.94. The van der Waals surface area contributed by atoms with Gasteiger partial charge in [-0.25, -0.2) is 0 Å². The summed E-state index contributed by atoms with van der Waals surface area (Å²) in [6.07, 6.45) is -4.33. The third kappa shape index (κ3) is 3.46. The molecule has 0 amide bonds. The van der Waals surface area contributed by atoms with E-state index in [2.05, 4.69) is 9.72 Å². The normalized spacial score (nSPS) is 12.6. The third-order valence-electron chi connectivity index (χ3n) is 2.48. The van der Waals surface area contributed by atoms with Gasteiger partial charge in [0.2, 0.25) is 0 Å². The average Bonchev–Trinajstić information content (AvgIpc) is 2.27. The van der Waals surface area contributed by atoms with Gasteiger partial charge < -0.3 is 4.74 Å². The molecule has 1 aromatic heterocycles. The molecule has 1 heterocycles. The van der Waals surface area contributed by atoms with Crippen LogP contribution in [0.5, 0.6) is 5.75 Å². The fourth-order valence-corrected chi connectivity index (χ4v) is 1.63. The van der Waals surface area contributed by atoms with Crippen LogP contribution >= 0.6 is 11.6 Å². The molecule has 0 spiro atoms. The molecule has 0 aliphatic carbocycles. The highest BCUT2D eigenvalue weighted by Gasteiger charge is 2.58. The lowest BCUT2D eigenvalue weighted by Crippen LogP contribution is -2.42. The number of pyridine rings is 1. The summed E-state index contributed by atoms with van der Waals surface area (Å²) < 4.78 is 66.2. The lowest BCUT2D eigenvalue weighted by Gasteiger charge is -2.21. The smallest absolute Gasteiger partial charge is 0.456 e. The fraction of sp³-hybridized carbons (Fsp3) is 0.545. The van der Waals surface area contributed by atoms with Gasteiger partial charge in [-0.15, -0.1) is 11.6 Å². The minimum Gasteiger partial charge on any atom is -0.486 e. The molecule has 19 heavy (non-hydrogen) atoms. The topological polar surface area (TPSA) is 22.1 Å². The van der Waals surface area contributed by atoms with E-state index in [4.69, 9.17) is 11.6 Å². The number of aryl methyl sites for hydroxylation is 1. The molecule has 8 heteroatoms. The largest absolute Gasteiger partial charge is 0.486 e. The number of ether oxygens (including phenoxy) is 1. The van der Waals surface area contributed by atoms with E-state index in [-0.39, 0.29) is 11.6 Å². The predicted octanol–water partition coefficient (Wildman–Crippen LogP) is 4.01. The molecule has 0 aliphatic rings. The summed E-state index contributed by atoms with van der Waals surface area (Å²) in [4.78, 5) is 3.93. The van der Waals surface area contributed by atoms with Crippen LogP contribution < -0.4 is 4.74 Å². The first-order chi connectivity index (χ1) is 8.60. The molecule has 0 bridgehead atoms. The van der Waals surface area contributed by atoms with Crippen molar-refractivity contribution in [3.63, 3.8) is 0 Å². The molecule has 0 aromatic carbocycles. The molecule has 0 unspecified atom stereocenters. The van der Waals surface area contributed by atoms with Crippen LogP contribution in [0.15, 0.2) is 6.20 Å². The van der Waals surface area contributed by atoms with E-state index in [9.17, 15) is 22.0 Å². The summed E-state index contributed by atoms with van der Waals surface area (Å²) in [5, 5.41) is 0. The van der Waals surface area contributed by atoms with Crippen LogP contribution in [0.3, 0.4) is 0 Å². The van der Waals surface area contributed by atoms with Crippen molar-refractivity contribution in [2.75, 3.05) is 6.61 Å². The predicted molar refractivity (Wildman–Crippen MR) is 59.8 cm³/mol. The van der Waals surface area contributed by atoms with E-state index < -0.39 is 18.7 Å². The number of hydrogen-bond donors (Lipinski definition) is 0. The quantitative estimate of drug-likeness (QED) is 0.619. The van der Waals surface area contributed by atoms with E-state index in [1.165, 1.54) is 20.0 Å². The Morgan fingerprint density at radius 3 is 2.26 bits per heavy atom. The number of halogens is 6. The van der Waals surface area contributed by atoms with Crippen molar-refractivity contribution in [3.05, 3.63) is 23.0 Å². The fourth-order valence-electron chi connectivity index (χ4n) is 1.36. The maximum Gasteiger partial charge on any atom is 0.456 e. The van der Waals surface area contributed by atoms with E-state index in [1.54, 1.807) is 0 Å². The van der Waals surface area contributed by atoms with Gasteiger partial charge in [0.25, 0.3) is 0 Å². The molecular weight excluding hydrogens is 293 g/mol. The summed E-state index contributed by atoms with van der Waals surface area (Å²) in [7, 11) is 0. The van der Waals surface area contributed by atoms with Crippen LogP contribution in [-0.4, -0.2) is 23.7 Å². The van der Waals surface area contributed by atoms with Crippen LogP contribution in [0, 0.1) is 13.8 Å². The van der Waals surface area contributed by atoms with Crippen LogP contribution in [0.1, 0.15) is 16.8 Å². The Kier molecular flexibility index (Phi) is 4.60. The maximum atomic E-state index is 12.8. The van der Waals surface area contributed by atoms with Gasteiger partial charge in [0.05, 0.1) is 11.6 Å². The van der Waals surface area contributed by atoms with Crippen LogP contribution in [0.4, 0.5) is 22.0 Å². The number of alkyl halides is 6. The van der Waals surface area contributed by atoms with Crippen LogP contribution in [-0.2, 0) is 5.88 Å². The molecule has 0 aliphatic heterocycles.